The fraction of sp³-hybridized carbons (Fsp3) is 0. The summed E-state index contributed by atoms with van der Waals surface area (Å²) in [5, 5.41) is 4.86. The van der Waals surface area contributed by atoms with Crippen LogP contribution in [0.25, 0.3) is 10.8 Å². The number of nitrogens with zero attached hydrogens (tertiary/aromatic N) is 2. The molecule has 0 saturated carbocycles. The molecule has 1 amide bonds. The molecule has 0 aliphatic rings. The Morgan fingerprint density at radius 1 is 1.19 bits per heavy atom. The van der Waals surface area contributed by atoms with Crippen LogP contribution in [-0.4, -0.2) is 15.9 Å². The average Bonchev–Trinajstić information content (AvgIpc) is 2.50. The van der Waals surface area contributed by atoms with Crippen LogP contribution >= 0.6 is 11.6 Å². The number of aromatic nitrogens is 2. The molecule has 21 heavy (non-hydrogen) atoms. The zero-order chi connectivity index (χ0) is 14.8. The molecule has 0 unspecified atom stereocenters. The molecule has 1 aromatic carbocycles. The summed E-state index contributed by atoms with van der Waals surface area (Å²) in [5.74, 6) is -0.173. The summed E-state index contributed by atoms with van der Waals surface area (Å²) in [4.78, 5) is 20.3. The number of nitrogens with one attached hydrogen (secondary N) is 1. The third-order valence-corrected chi connectivity index (χ3v) is 3.32. The molecule has 0 radical (unpaired) electrons. The van der Waals surface area contributed by atoms with E-state index in [4.69, 9.17) is 17.3 Å². The minimum atomic E-state index is -0.413. The quantitative estimate of drug-likeness (QED) is 0.761. The minimum absolute atomic E-state index is 0.0950. The van der Waals surface area contributed by atoms with Gasteiger partial charge in [0.15, 0.2) is 0 Å². The molecule has 0 spiro atoms. The monoisotopic (exact) mass is 298 g/mol. The molecule has 2 heterocycles. The lowest BCUT2D eigenvalue weighted by Gasteiger charge is -2.09. The fourth-order valence-corrected chi connectivity index (χ4v) is 2.21. The van der Waals surface area contributed by atoms with E-state index in [2.05, 4.69) is 15.3 Å². The SMILES string of the molecule is Nc1ccc(Cl)c(C(=O)Nc2cccc3ccncc23)n1. The van der Waals surface area contributed by atoms with Crippen LogP contribution < -0.4 is 11.1 Å². The molecule has 0 saturated heterocycles. The topological polar surface area (TPSA) is 80.9 Å². The Kier molecular flexibility index (Phi) is 3.41. The number of pyridine rings is 2. The van der Waals surface area contributed by atoms with Gasteiger partial charge in [-0.1, -0.05) is 23.7 Å². The first kappa shape index (κ1) is 13.3. The second-order valence-electron chi connectivity index (χ2n) is 4.42. The first-order chi connectivity index (χ1) is 10.1. The predicted octanol–water partition coefficient (Wildman–Crippen LogP) is 3.12. The number of nitrogen functional groups attached to an aromatic ring is 1. The zero-order valence-electron chi connectivity index (χ0n) is 10.9. The Hall–Kier alpha value is -2.66. The van der Waals surface area contributed by atoms with Gasteiger partial charge in [0.2, 0.25) is 0 Å². The van der Waals surface area contributed by atoms with Gasteiger partial charge in [0, 0.05) is 17.8 Å². The Balaban J connectivity index is 1.99. The number of benzene rings is 1. The van der Waals surface area contributed by atoms with Crippen molar-refractivity contribution in [3.8, 4) is 0 Å². The van der Waals surface area contributed by atoms with Crippen LogP contribution in [0.1, 0.15) is 10.5 Å². The van der Waals surface area contributed by atoms with Gasteiger partial charge in [-0.15, -0.1) is 0 Å². The molecule has 0 aliphatic carbocycles. The lowest BCUT2D eigenvalue weighted by atomic mass is 10.1. The molecule has 0 atom stereocenters. The van der Waals surface area contributed by atoms with Crippen LogP contribution in [0.4, 0.5) is 11.5 Å². The van der Waals surface area contributed by atoms with Crippen molar-refractivity contribution in [2.45, 2.75) is 0 Å². The first-order valence-electron chi connectivity index (χ1n) is 6.21. The van der Waals surface area contributed by atoms with E-state index >= 15 is 0 Å². The largest absolute Gasteiger partial charge is 0.384 e. The van der Waals surface area contributed by atoms with Crippen molar-refractivity contribution in [2.75, 3.05) is 11.1 Å². The summed E-state index contributed by atoms with van der Waals surface area (Å²) in [6.45, 7) is 0. The highest BCUT2D eigenvalue weighted by molar-refractivity contribution is 6.34. The van der Waals surface area contributed by atoms with Gasteiger partial charge in [-0.3, -0.25) is 9.78 Å². The van der Waals surface area contributed by atoms with Crippen molar-refractivity contribution in [2.24, 2.45) is 0 Å². The van der Waals surface area contributed by atoms with Crippen LogP contribution in [0, 0.1) is 0 Å². The van der Waals surface area contributed by atoms with Gasteiger partial charge in [0.25, 0.3) is 5.91 Å². The number of amides is 1. The summed E-state index contributed by atoms with van der Waals surface area (Å²) in [7, 11) is 0. The smallest absolute Gasteiger partial charge is 0.275 e. The molecule has 0 aliphatic heterocycles. The van der Waals surface area contributed by atoms with Gasteiger partial charge in [-0.2, -0.15) is 0 Å². The summed E-state index contributed by atoms with van der Waals surface area (Å²) in [6.07, 6.45) is 3.39. The van der Waals surface area contributed by atoms with Crippen LogP contribution in [0.15, 0.2) is 48.8 Å². The van der Waals surface area contributed by atoms with Gasteiger partial charge in [-0.05, 0) is 29.7 Å². The highest BCUT2D eigenvalue weighted by atomic mass is 35.5. The number of fused-ring (bicyclic) bond motifs is 1. The molecule has 104 valence electrons. The Bertz CT molecular complexity index is 830. The van der Waals surface area contributed by atoms with E-state index < -0.39 is 5.91 Å². The minimum Gasteiger partial charge on any atom is -0.384 e. The van der Waals surface area contributed by atoms with E-state index in [1.807, 2.05) is 18.2 Å². The average molecular weight is 299 g/mol. The second-order valence-corrected chi connectivity index (χ2v) is 4.83. The summed E-state index contributed by atoms with van der Waals surface area (Å²) >= 11 is 5.98. The third kappa shape index (κ3) is 2.64. The number of anilines is 2. The summed E-state index contributed by atoms with van der Waals surface area (Å²) in [6, 6.07) is 10.5. The van der Waals surface area contributed by atoms with Crippen molar-refractivity contribution < 1.29 is 4.79 Å². The number of carbonyl (C=O) groups excluding carboxylic acids is 1. The number of carbonyl (C=O) groups is 1. The number of halogens is 1. The van der Waals surface area contributed by atoms with Crippen molar-refractivity contribution in [3.05, 3.63) is 59.5 Å². The van der Waals surface area contributed by atoms with Crippen molar-refractivity contribution in [3.63, 3.8) is 0 Å². The van der Waals surface area contributed by atoms with E-state index in [9.17, 15) is 4.79 Å². The fourth-order valence-electron chi connectivity index (χ4n) is 2.02. The van der Waals surface area contributed by atoms with Crippen molar-refractivity contribution in [1.29, 1.82) is 0 Å². The van der Waals surface area contributed by atoms with E-state index in [0.29, 0.717) is 5.69 Å². The molecule has 3 aromatic rings. The molecule has 6 heteroatoms. The maximum Gasteiger partial charge on any atom is 0.275 e. The number of rotatable bonds is 2. The van der Waals surface area contributed by atoms with Gasteiger partial charge in [0.05, 0.1) is 10.7 Å². The maximum absolute atomic E-state index is 12.3. The molecular formula is C15H11ClN4O. The lowest BCUT2D eigenvalue weighted by molar-refractivity contribution is 0.102. The number of hydrogen-bond donors (Lipinski definition) is 2. The number of nitrogens with two attached hydrogens (primary N) is 1. The van der Waals surface area contributed by atoms with Gasteiger partial charge in [0.1, 0.15) is 11.5 Å². The molecular weight excluding hydrogens is 288 g/mol. The maximum atomic E-state index is 12.3. The van der Waals surface area contributed by atoms with E-state index in [1.54, 1.807) is 30.6 Å². The highest BCUT2D eigenvalue weighted by Gasteiger charge is 2.14. The Morgan fingerprint density at radius 2 is 2.05 bits per heavy atom. The van der Waals surface area contributed by atoms with Gasteiger partial charge >= 0.3 is 0 Å². The second kappa shape index (κ2) is 5.38. The van der Waals surface area contributed by atoms with Crippen molar-refractivity contribution >= 4 is 39.8 Å². The molecule has 3 rings (SSSR count). The van der Waals surface area contributed by atoms with Crippen molar-refractivity contribution in [1.82, 2.24) is 9.97 Å². The predicted molar refractivity (Wildman–Crippen MR) is 83.4 cm³/mol. The standard InChI is InChI=1S/C15H11ClN4O/c16-11-4-5-13(17)20-14(11)15(21)19-12-3-1-2-9-6-7-18-8-10(9)12/h1-8H,(H2,17,20)(H,19,21). The Labute approximate surface area is 125 Å². The third-order valence-electron chi connectivity index (χ3n) is 3.01. The highest BCUT2D eigenvalue weighted by Crippen LogP contribution is 2.23. The molecule has 3 N–H and O–H groups in total. The number of hydrogen-bond acceptors (Lipinski definition) is 4. The van der Waals surface area contributed by atoms with Gasteiger partial charge < -0.3 is 11.1 Å². The normalized spacial score (nSPS) is 10.5. The van der Waals surface area contributed by atoms with Crippen LogP contribution in [-0.2, 0) is 0 Å². The lowest BCUT2D eigenvalue weighted by Crippen LogP contribution is -2.15. The molecule has 0 fully saturated rings. The summed E-state index contributed by atoms with van der Waals surface area (Å²) in [5.41, 5.74) is 6.33. The van der Waals surface area contributed by atoms with E-state index in [1.165, 1.54) is 0 Å². The Morgan fingerprint density at radius 3 is 2.90 bits per heavy atom. The first-order valence-corrected chi connectivity index (χ1v) is 6.59. The zero-order valence-corrected chi connectivity index (χ0v) is 11.6. The molecule has 5 nitrogen and oxygen atoms in total. The molecule has 0 bridgehead atoms. The molecule has 2 aromatic heterocycles. The van der Waals surface area contributed by atoms with Crippen LogP contribution in [0.5, 0.6) is 0 Å². The van der Waals surface area contributed by atoms with Gasteiger partial charge in [-0.25, -0.2) is 4.98 Å². The van der Waals surface area contributed by atoms with Crippen LogP contribution in [0.2, 0.25) is 5.02 Å². The van der Waals surface area contributed by atoms with Crippen LogP contribution in [0.3, 0.4) is 0 Å². The summed E-state index contributed by atoms with van der Waals surface area (Å²) < 4.78 is 0. The van der Waals surface area contributed by atoms with E-state index in [-0.39, 0.29) is 16.5 Å². The van der Waals surface area contributed by atoms with E-state index in [0.717, 1.165) is 10.8 Å².